The molecule has 5 heteroatoms. The maximum absolute atomic E-state index is 9.71. The Bertz CT molecular complexity index is 2710. The highest BCUT2D eigenvalue weighted by Gasteiger charge is 2.22. The third kappa shape index (κ3) is 3.14. The average molecular weight is 550 g/mol. The minimum Gasteiger partial charge on any atom is -0.465 e. The van der Waals surface area contributed by atoms with Gasteiger partial charge in [-0.25, -0.2) is 4.85 Å². The molecule has 0 unspecified atom stereocenters. The Morgan fingerprint density at radius 3 is 2.23 bits per heavy atom. The van der Waals surface area contributed by atoms with Crippen LogP contribution in [0.5, 0.6) is 0 Å². The molecule has 3 aromatic heterocycles. The largest absolute Gasteiger partial charge is 0.465 e. The van der Waals surface area contributed by atoms with E-state index < -0.39 is 0 Å². The third-order valence-electron chi connectivity index (χ3n) is 8.46. The lowest BCUT2D eigenvalue weighted by atomic mass is 9.95. The fourth-order valence-corrected chi connectivity index (χ4v) is 6.66. The number of nitrogens with zero attached hydrogens (tertiary/aromatic N) is 3. The fourth-order valence-electron chi connectivity index (χ4n) is 6.66. The zero-order chi connectivity index (χ0) is 28.7. The molecule has 0 saturated carbocycles. The normalized spacial score (nSPS) is 11.7. The summed E-state index contributed by atoms with van der Waals surface area (Å²) in [6.07, 6.45) is 0. The number of para-hydroxylation sites is 3. The molecule has 43 heavy (non-hydrogen) atoms. The first-order valence-electron chi connectivity index (χ1n) is 13.9. The fraction of sp³-hybridized carbons (Fsp3) is 0. The molecule has 0 bridgehead atoms. The number of fused-ring (bicyclic) bond motifs is 9. The van der Waals surface area contributed by atoms with Crippen molar-refractivity contribution >= 4 is 71.4 Å². The van der Waals surface area contributed by atoms with Gasteiger partial charge in [-0.1, -0.05) is 78.9 Å². The second-order valence-corrected chi connectivity index (χ2v) is 10.7. The van der Waals surface area contributed by atoms with E-state index in [2.05, 4.69) is 45.8 Å². The summed E-state index contributed by atoms with van der Waals surface area (Å²) >= 11 is 0. The summed E-state index contributed by atoms with van der Waals surface area (Å²) in [5.74, 6) is 0. The van der Waals surface area contributed by atoms with Crippen LogP contribution in [0.2, 0.25) is 0 Å². The van der Waals surface area contributed by atoms with E-state index in [1.807, 2.05) is 84.9 Å². The highest BCUT2D eigenvalue weighted by Crippen LogP contribution is 2.46. The topological polar surface area (TPSA) is 59.4 Å². The van der Waals surface area contributed by atoms with E-state index >= 15 is 0 Å². The van der Waals surface area contributed by atoms with Crippen LogP contribution in [-0.4, -0.2) is 4.57 Å². The van der Waals surface area contributed by atoms with Gasteiger partial charge in [0.1, 0.15) is 16.7 Å². The molecular formula is C38H19N3O2. The van der Waals surface area contributed by atoms with Crippen molar-refractivity contribution in [1.82, 2.24) is 4.57 Å². The minimum atomic E-state index is 0.458. The van der Waals surface area contributed by atoms with E-state index in [0.717, 1.165) is 71.3 Å². The molecule has 0 aliphatic carbocycles. The summed E-state index contributed by atoms with van der Waals surface area (Å²) in [4.78, 5) is 3.84. The van der Waals surface area contributed by atoms with Gasteiger partial charge >= 0.3 is 0 Å². The Labute approximate surface area is 244 Å². The summed E-state index contributed by atoms with van der Waals surface area (Å²) in [5.41, 5.74) is 8.72. The predicted octanol–water partition coefficient (Wildman–Crippen LogP) is 10.7. The predicted molar refractivity (Wildman–Crippen MR) is 172 cm³/mol. The number of furan rings is 2. The summed E-state index contributed by atoms with van der Waals surface area (Å²) in [6.45, 7) is 7.96. The lowest BCUT2D eigenvalue weighted by molar-refractivity contribution is 0.668. The van der Waals surface area contributed by atoms with Crippen molar-refractivity contribution in [1.29, 1.82) is 5.26 Å². The quantitative estimate of drug-likeness (QED) is 0.202. The van der Waals surface area contributed by atoms with Crippen molar-refractivity contribution < 1.29 is 8.83 Å². The van der Waals surface area contributed by atoms with Crippen molar-refractivity contribution in [3.63, 3.8) is 0 Å². The second kappa shape index (κ2) is 8.60. The van der Waals surface area contributed by atoms with E-state index in [-0.39, 0.29) is 0 Å². The molecule has 0 N–H and O–H groups in total. The number of benzene rings is 6. The molecule has 0 fully saturated rings. The molecule has 0 radical (unpaired) electrons. The van der Waals surface area contributed by atoms with Crippen LogP contribution in [0.3, 0.4) is 0 Å². The van der Waals surface area contributed by atoms with Crippen molar-refractivity contribution in [2.75, 3.05) is 0 Å². The van der Waals surface area contributed by atoms with Gasteiger partial charge < -0.3 is 13.4 Å². The van der Waals surface area contributed by atoms with Gasteiger partial charge in [-0.05, 0) is 47.5 Å². The third-order valence-corrected chi connectivity index (χ3v) is 8.46. The molecule has 0 saturated heterocycles. The first-order chi connectivity index (χ1) is 21.2. The summed E-state index contributed by atoms with van der Waals surface area (Å²) in [6, 6.07) is 40.5. The number of aromatic nitrogens is 1. The van der Waals surface area contributed by atoms with Gasteiger partial charge in [0.2, 0.25) is 5.69 Å². The zero-order valence-corrected chi connectivity index (χ0v) is 22.6. The smallest absolute Gasteiger partial charge is 0.229 e. The second-order valence-electron chi connectivity index (χ2n) is 10.7. The lowest BCUT2D eigenvalue weighted by Gasteiger charge is -2.09. The molecule has 5 nitrogen and oxygen atoms in total. The van der Waals surface area contributed by atoms with Gasteiger partial charge in [-0.15, -0.1) is 0 Å². The van der Waals surface area contributed by atoms with Gasteiger partial charge in [0.15, 0.2) is 5.58 Å². The summed E-state index contributed by atoms with van der Waals surface area (Å²) in [5, 5.41) is 15.7. The van der Waals surface area contributed by atoms with Crippen LogP contribution in [0.25, 0.3) is 87.3 Å². The van der Waals surface area contributed by atoms with Crippen molar-refractivity contribution in [2.24, 2.45) is 0 Å². The first kappa shape index (κ1) is 23.4. The highest BCUT2D eigenvalue weighted by molar-refractivity contribution is 6.22. The van der Waals surface area contributed by atoms with Crippen molar-refractivity contribution in [2.45, 2.75) is 0 Å². The minimum absolute atomic E-state index is 0.458. The lowest BCUT2D eigenvalue weighted by Crippen LogP contribution is -1.94. The average Bonchev–Trinajstić information content (AvgIpc) is 3.74. The highest BCUT2D eigenvalue weighted by atomic mass is 16.3. The Hall–Kier alpha value is -6.30. The number of nitriles is 1. The molecular weight excluding hydrogens is 530 g/mol. The van der Waals surface area contributed by atoms with Crippen LogP contribution in [-0.2, 0) is 0 Å². The monoisotopic (exact) mass is 549 g/mol. The van der Waals surface area contributed by atoms with E-state index in [1.165, 1.54) is 0 Å². The van der Waals surface area contributed by atoms with E-state index in [9.17, 15) is 5.26 Å². The van der Waals surface area contributed by atoms with Gasteiger partial charge in [0.05, 0.1) is 34.9 Å². The molecule has 0 aliphatic rings. The van der Waals surface area contributed by atoms with Crippen LogP contribution in [0.4, 0.5) is 5.69 Å². The number of hydrogen-bond acceptors (Lipinski definition) is 3. The van der Waals surface area contributed by atoms with Crippen LogP contribution >= 0.6 is 0 Å². The van der Waals surface area contributed by atoms with Gasteiger partial charge in [0.25, 0.3) is 0 Å². The molecule has 198 valence electrons. The van der Waals surface area contributed by atoms with Crippen molar-refractivity contribution in [3.8, 4) is 22.9 Å². The molecule has 9 rings (SSSR count). The molecule has 0 atom stereocenters. The Kier molecular flexibility index (Phi) is 4.68. The maximum Gasteiger partial charge on any atom is 0.229 e. The van der Waals surface area contributed by atoms with Crippen LogP contribution in [0, 0.1) is 17.9 Å². The zero-order valence-electron chi connectivity index (χ0n) is 22.6. The van der Waals surface area contributed by atoms with Gasteiger partial charge in [0, 0.05) is 32.3 Å². The Balaban J connectivity index is 1.43. The number of rotatable bonds is 2. The molecule has 0 spiro atoms. The van der Waals surface area contributed by atoms with Gasteiger partial charge in [-0.3, -0.25) is 0 Å². The maximum atomic E-state index is 9.71. The van der Waals surface area contributed by atoms with E-state index in [1.54, 1.807) is 0 Å². The van der Waals surface area contributed by atoms with Gasteiger partial charge in [-0.2, -0.15) is 5.26 Å². The van der Waals surface area contributed by atoms with E-state index in [4.69, 9.17) is 15.4 Å². The van der Waals surface area contributed by atoms with E-state index in [0.29, 0.717) is 22.4 Å². The molecule has 0 amide bonds. The Morgan fingerprint density at radius 1 is 0.605 bits per heavy atom. The standard InChI is InChI=1S/C38H19N3O2/c1-40-29-19-18-26(25-10-7-15-34-35(25)27-9-3-5-14-33(27)42-34)36-28-11-6-13-31(37(28)43-38(29)36)41-30-12-4-2-8-23(30)24-17-16-22(21-39)20-32(24)41/h2-20H. The van der Waals surface area contributed by atoms with Crippen LogP contribution < -0.4 is 0 Å². The molecule has 9 aromatic rings. The first-order valence-corrected chi connectivity index (χ1v) is 13.9. The Morgan fingerprint density at radius 2 is 1.35 bits per heavy atom. The van der Waals surface area contributed by atoms with Crippen LogP contribution in [0.1, 0.15) is 5.56 Å². The summed E-state index contributed by atoms with van der Waals surface area (Å²) < 4.78 is 15.1. The number of hydrogen-bond donors (Lipinski definition) is 0. The van der Waals surface area contributed by atoms with Crippen molar-refractivity contribution in [3.05, 3.63) is 132 Å². The molecule has 6 aromatic carbocycles. The van der Waals surface area contributed by atoms with Crippen LogP contribution in [0.15, 0.2) is 124 Å². The molecule has 3 heterocycles. The summed E-state index contributed by atoms with van der Waals surface area (Å²) in [7, 11) is 0. The molecule has 0 aliphatic heterocycles. The SMILES string of the molecule is [C-]#[N+]c1ccc(-c2cccc3oc4ccccc4c23)c2c1oc1c(-n3c4ccccc4c4ccc(C#N)cc43)cccc12.